The number of nitrogens with one attached hydrogen (secondary N) is 2. The number of carbonyl (C=O) groups is 2. The molecule has 4 aromatic carbocycles. The van der Waals surface area contributed by atoms with Crippen molar-refractivity contribution in [3.63, 3.8) is 0 Å². The van der Waals surface area contributed by atoms with Crippen LogP contribution < -0.4 is 10.2 Å². The number of rotatable bonds is 6. The minimum Gasteiger partial charge on any atom is -0.422 e. The van der Waals surface area contributed by atoms with Gasteiger partial charge in [0, 0.05) is 36.6 Å². The first-order valence-corrected chi connectivity index (χ1v) is 13.4. The maximum Gasteiger partial charge on any atom is 0.345 e. The second kappa shape index (κ2) is 11.6. The molecule has 1 heterocycles. The molecule has 1 amide bonds. The molecule has 0 bridgehead atoms. The molecule has 5 rings (SSSR count). The third kappa shape index (κ3) is 5.72. The van der Waals surface area contributed by atoms with Crippen LogP contribution in [-0.2, 0) is 0 Å². The van der Waals surface area contributed by atoms with Crippen molar-refractivity contribution in [3.05, 3.63) is 121 Å². The van der Waals surface area contributed by atoms with Crippen molar-refractivity contribution in [2.45, 2.75) is 0 Å². The van der Waals surface area contributed by atoms with E-state index in [0.29, 0.717) is 32.4 Å². The number of amides is 1. The number of fused-ring (bicyclic) bond motifs is 1. The summed E-state index contributed by atoms with van der Waals surface area (Å²) in [5.74, 6) is -0.904. The Morgan fingerprint density at radius 3 is 2.46 bits per heavy atom. The molecule has 0 aliphatic rings. The predicted molar refractivity (Wildman–Crippen MR) is 159 cm³/mol. The number of esters is 1. The molecule has 6 nitrogen and oxygen atoms in total. The molecule has 0 saturated carbocycles. The number of nitrogens with zero attached hydrogens (tertiary/aromatic N) is 1. The summed E-state index contributed by atoms with van der Waals surface area (Å²) in [6.07, 6.45) is 1.39. The van der Waals surface area contributed by atoms with E-state index in [0.717, 1.165) is 15.4 Å². The molecular formula is C29H17BrCl3N3O3. The smallest absolute Gasteiger partial charge is 0.345 e. The molecule has 5 aromatic rings. The Morgan fingerprint density at radius 2 is 1.67 bits per heavy atom. The van der Waals surface area contributed by atoms with E-state index >= 15 is 0 Å². The number of H-pyrrole nitrogens is 1. The van der Waals surface area contributed by atoms with Crippen LogP contribution in [0, 0.1) is 0 Å². The third-order valence-electron chi connectivity index (χ3n) is 5.80. The van der Waals surface area contributed by atoms with Gasteiger partial charge in [-0.3, -0.25) is 4.79 Å². The first kappa shape index (κ1) is 27.0. The van der Waals surface area contributed by atoms with E-state index in [1.54, 1.807) is 36.4 Å². The third-order valence-corrected chi connectivity index (χ3v) is 7.33. The average Bonchev–Trinajstić information content (AvgIpc) is 3.31. The number of hydrogen-bond acceptors (Lipinski definition) is 4. The lowest BCUT2D eigenvalue weighted by Gasteiger charge is -2.09. The molecule has 0 saturated heterocycles. The zero-order chi connectivity index (χ0) is 27.5. The first-order chi connectivity index (χ1) is 18.8. The zero-order valence-corrected chi connectivity index (χ0v) is 23.7. The summed E-state index contributed by atoms with van der Waals surface area (Å²) >= 11 is 22.1. The molecule has 10 heteroatoms. The van der Waals surface area contributed by atoms with Crippen LogP contribution in [0.5, 0.6) is 5.75 Å². The van der Waals surface area contributed by atoms with Crippen molar-refractivity contribution in [2.24, 2.45) is 5.10 Å². The van der Waals surface area contributed by atoms with E-state index in [9.17, 15) is 9.59 Å². The Kier molecular flexibility index (Phi) is 8.04. The van der Waals surface area contributed by atoms with E-state index in [2.05, 4.69) is 31.4 Å². The SMILES string of the molecule is O=C(Oc1ccccc1C=NNC(=O)c1[nH]c2c(Br)cccc2c1-c1ccccc1Cl)c1ccc(Cl)cc1Cl. The highest BCUT2D eigenvalue weighted by Crippen LogP contribution is 2.38. The quantitative estimate of drug-likeness (QED) is 0.0844. The van der Waals surface area contributed by atoms with Crippen LogP contribution in [-0.4, -0.2) is 23.1 Å². The van der Waals surface area contributed by atoms with Gasteiger partial charge in [-0.2, -0.15) is 5.10 Å². The second-order valence-corrected chi connectivity index (χ2v) is 10.4. The van der Waals surface area contributed by atoms with Crippen molar-refractivity contribution in [2.75, 3.05) is 0 Å². The minimum absolute atomic E-state index is 0.165. The van der Waals surface area contributed by atoms with Crippen LogP contribution in [0.2, 0.25) is 15.1 Å². The summed E-state index contributed by atoms with van der Waals surface area (Å²) in [5.41, 5.74) is 5.57. The largest absolute Gasteiger partial charge is 0.422 e. The lowest BCUT2D eigenvalue weighted by Crippen LogP contribution is -2.19. The molecule has 0 atom stereocenters. The molecule has 0 aliphatic heterocycles. The molecule has 0 unspecified atom stereocenters. The molecule has 0 radical (unpaired) electrons. The Bertz CT molecular complexity index is 1770. The minimum atomic E-state index is -0.658. The summed E-state index contributed by atoms with van der Waals surface area (Å²) in [6.45, 7) is 0. The van der Waals surface area contributed by atoms with Crippen molar-refractivity contribution in [1.82, 2.24) is 10.4 Å². The maximum atomic E-state index is 13.3. The summed E-state index contributed by atoms with van der Waals surface area (Å²) < 4.78 is 6.34. The van der Waals surface area contributed by atoms with Crippen LogP contribution in [0.25, 0.3) is 22.0 Å². The van der Waals surface area contributed by atoms with E-state index in [1.165, 1.54) is 18.3 Å². The highest BCUT2D eigenvalue weighted by Gasteiger charge is 2.22. The molecule has 1 aromatic heterocycles. The standard InChI is InChI=1S/C29H17BrCl3N3O3/c30-21-9-5-8-20-25(18-7-2-3-10-22(18)32)27(35-26(20)21)28(37)36-34-15-16-6-1-4-11-24(16)39-29(38)19-13-12-17(31)14-23(19)33/h1-15,35H,(H,36,37). The Balaban J connectivity index is 1.41. The van der Waals surface area contributed by atoms with Crippen LogP contribution in [0.3, 0.4) is 0 Å². The molecule has 39 heavy (non-hydrogen) atoms. The monoisotopic (exact) mass is 639 g/mol. The van der Waals surface area contributed by atoms with Crippen molar-refractivity contribution in [1.29, 1.82) is 0 Å². The fourth-order valence-corrected chi connectivity index (χ4v) is 5.18. The molecule has 2 N–H and O–H groups in total. The fourth-order valence-electron chi connectivity index (χ4n) is 4.00. The van der Waals surface area contributed by atoms with Gasteiger partial charge in [-0.05, 0) is 58.4 Å². The summed E-state index contributed by atoms with van der Waals surface area (Å²) in [4.78, 5) is 29.2. The van der Waals surface area contributed by atoms with E-state index in [-0.39, 0.29) is 16.3 Å². The maximum absolute atomic E-state index is 13.3. The molecule has 0 aliphatic carbocycles. The van der Waals surface area contributed by atoms with Gasteiger partial charge in [0.15, 0.2) is 0 Å². The predicted octanol–water partition coefficient (Wildman–Crippen LogP) is 8.54. The van der Waals surface area contributed by atoms with Gasteiger partial charge >= 0.3 is 5.97 Å². The van der Waals surface area contributed by atoms with Crippen molar-refractivity contribution >= 4 is 79.7 Å². The summed E-state index contributed by atoms with van der Waals surface area (Å²) in [7, 11) is 0. The normalized spacial score (nSPS) is 11.2. The number of para-hydroxylation sites is 2. The Hall–Kier alpha value is -3.62. The number of ether oxygens (including phenoxy) is 1. The van der Waals surface area contributed by atoms with Crippen molar-refractivity contribution in [3.8, 4) is 16.9 Å². The number of halogens is 4. The second-order valence-electron chi connectivity index (χ2n) is 8.27. The van der Waals surface area contributed by atoms with E-state index in [4.69, 9.17) is 39.5 Å². The van der Waals surface area contributed by atoms with Crippen molar-refractivity contribution < 1.29 is 14.3 Å². The average molecular weight is 642 g/mol. The van der Waals surface area contributed by atoms with Gasteiger partial charge in [-0.25, -0.2) is 10.2 Å². The topological polar surface area (TPSA) is 83.5 Å². The van der Waals surface area contributed by atoms with E-state index < -0.39 is 11.9 Å². The van der Waals surface area contributed by atoms with Gasteiger partial charge in [0.25, 0.3) is 5.91 Å². The van der Waals surface area contributed by atoms with Gasteiger partial charge in [0.1, 0.15) is 11.4 Å². The summed E-state index contributed by atoms with van der Waals surface area (Å²) in [6, 6.07) is 24.2. The van der Waals surface area contributed by atoms with Gasteiger partial charge in [-0.1, -0.05) is 77.3 Å². The lowest BCUT2D eigenvalue weighted by molar-refractivity contribution is 0.0734. The highest BCUT2D eigenvalue weighted by atomic mass is 79.9. The Labute approximate surface area is 246 Å². The van der Waals surface area contributed by atoms with Crippen LogP contribution in [0.4, 0.5) is 0 Å². The molecule has 194 valence electrons. The fraction of sp³-hybridized carbons (Fsp3) is 0. The van der Waals surface area contributed by atoms with E-state index in [1.807, 2.05) is 36.4 Å². The lowest BCUT2D eigenvalue weighted by atomic mass is 10.0. The summed E-state index contributed by atoms with van der Waals surface area (Å²) in [5, 5.41) is 6.02. The number of carbonyl (C=O) groups excluding carboxylic acids is 2. The van der Waals surface area contributed by atoms with Gasteiger partial charge in [0.2, 0.25) is 0 Å². The number of aromatic nitrogens is 1. The number of benzene rings is 4. The number of hydrazone groups is 1. The van der Waals surface area contributed by atoms with Gasteiger partial charge in [0.05, 0.1) is 22.3 Å². The Morgan fingerprint density at radius 1 is 0.897 bits per heavy atom. The highest BCUT2D eigenvalue weighted by molar-refractivity contribution is 9.10. The van der Waals surface area contributed by atoms with Crippen LogP contribution >= 0.6 is 50.7 Å². The first-order valence-electron chi connectivity index (χ1n) is 11.5. The van der Waals surface area contributed by atoms with Gasteiger partial charge < -0.3 is 9.72 Å². The van der Waals surface area contributed by atoms with Gasteiger partial charge in [-0.15, -0.1) is 0 Å². The zero-order valence-electron chi connectivity index (χ0n) is 19.8. The number of aromatic amines is 1. The van der Waals surface area contributed by atoms with Crippen LogP contribution in [0.15, 0.2) is 94.5 Å². The molecule has 0 spiro atoms. The van der Waals surface area contributed by atoms with Crippen LogP contribution in [0.1, 0.15) is 26.4 Å². The number of hydrogen-bond donors (Lipinski definition) is 2. The molecule has 0 fully saturated rings. The molecular weight excluding hydrogens is 625 g/mol.